The summed E-state index contributed by atoms with van der Waals surface area (Å²) in [6, 6.07) is 7.60. The number of benzene rings is 1. The second-order valence-electron chi connectivity index (χ2n) is 2.23. The third-order valence-electron chi connectivity index (χ3n) is 1.46. The summed E-state index contributed by atoms with van der Waals surface area (Å²) in [6.07, 6.45) is 0. The molecule has 1 atom stereocenters. The fourth-order valence-corrected chi connectivity index (χ4v) is 1.65. The van der Waals surface area contributed by atoms with Crippen LogP contribution in [-0.2, 0) is 10.8 Å². The quantitative estimate of drug-likeness (QED) is 0.709. The predicted molar refractivity (Wildman–Crippen MR) is 59.1 cm³/mol. The number of hydrogen-bond acceptors (Lipinski definition) is 1. The first-order chi connectivity index (χ1) is 6.25. The van der Waals surface area contributed by atoms with Crippen LogP contribution in [0.15, 0.2) is 41.1 Å². The average molecular weight is 196 g/mol. The smallest absolute Gasteiger partial charge is 0.0772 e. The number of hydrogen-bond donors (Lipinski definition) is 0. The van der Waals surface area contributed by atoms with Gasteiger partial charge in [0.2, 0.25) is 0 Å². The van der Waals surface area contributed by atoms with Crippen molar-refractivity contribution < 1.29 is 4.21 Å². The normalized spacial score (nSPS) is 11.0. The lowest BCUT2D eigenvalue weighted by molar-refractivity contribution is 0.688. The molecule has 0 bridgehead atoms. The number of rotatable bonds is 2. The van der Waals surface area contributed by atoms with Crippen LogP contribution in [0.3, 0.4) is 0 Å². The van der Waals surface area contributed by atoms with Crippen LogP contribution in [0.5, 0.6) is 0 Å². The van der Waals surface area contributed by atoms with Crippen LogP contribution in [0.4, 0.5) is 0 Å². The summed E-state index contributed by atoms with van der Waals surface area (Å²) in [7, 11) is -1.04. The molecule has 0 amide bonds. The van der Waals surface area contributed by atoms with Gasteiger partial charge in [0.05, 0.1) is 10.8 Å². The van der Waals surface area contributed by atoms with Crippen LogP contribution in [0.2, 0.25) is 0 Å². The lowest BCUT2D eigenvalue weighted by Crippen LogP contribution is -1.88. The summed E-state index contributed by atoms with van der Waals surface area (Å²) < 4.78 is 11.2. The van der Waals surface area contributed by atoms with Gasteiger partial charge >= 0.3 is 0 Å². The molecule has 0 radical (unpaired) electrons. The van der Waals surface area contributed by atoms with Crippen molar-refractivity contribution in [3.05, 3.63) is 41.8 Å². The van der Waals surface area contributed by atoms with Gasteiger partial charge in [0.25, 0.3) is 0 Å². The van der Waals surface area contributed by atoms with Crippen molar-refractivity contribution in [3.63, 3.8) is 0 Å². The molecule has 0 heterocycles. The highest BCUT2D eigenvalue weighted by molar-refractivity contribution is 7.88. The van der Waals surface area contributed by atoms with Crippen LogP contribution in [-0.4, -0.2) is 4.21 Å². The Morgan fingerprint density at radius 3 is 2.31 bits per heavy atom. The Balaban J connectivity index is 0.000000671. The Morgan fingerprint density at radius 1 is 1.31 bits per heavy atom. The van der Waals surface area contributed by atoms with Crippen molar-refractivity contribution in [3.8, 4) is 0 Å². The molecule has 2 heteroatoms. The highest BCUT2D eigenvalue weighted by atomic mass is 32.2. The minimum atomic E-state index is -1.04. The largest absolute Gasteiger partial charge is 0.250 e. The lowest BCUT2D eigenvalue weighted by atomic mass is 10.2. The summed E-state index contributed by atoms with van der Waals surface area (Å²) in [5.74, 6) is 0. The second-order valence-corrected chi connectivity index (χ2v) is 3.60. The maximum Gasteiger partial charge on any atom is 0.0772 e. The van der Waals surface area contributed by atoms with Crippen molar-refractivity contribution in [1.82, 2.24) is 0 Å². The first kappa shape index (κ1) is 12.1. The summed E-state index contributed by atoms with van der Waals surface area (Å²) in [6.45, 7) is 9.42. The minimum absolute atomic E-state index is 0.850. The molecule has 0 aromatic heterocycles. The van der Waals surface area contributed by atoms with Gasteiger partial charge in [-0.15, -0.1) is 0 Å². The molecule has 0 fully saturated rings. The Hall–Kier alpha value is -0.890. The monoisotopic (exact) mass is 196 g/mol. The fraction of sp³-hybridized carbons (Fsp3) is 0.273. The third-order valence-corrected chi connectivity index (χ3v) is 2.66. The van der Waals surface area contributed by atoms with E-state index in [1.807, 2.05) is 45.0 Å². The Kier molecular flexibility index (Phi) is 6.15. The molecule has 1 aromatic rings. The summed E-state index contributed by atoms with van der Waals surface area (Å²) >= 11 is 0. The molecule has 0 aliphatic rings. The van der Waals surface area contributed by atoms with E-state index in [4.69, 9.17) is 0 Å². The van der Waals surface area contributed by atoms with Crippen LogP contribution in [0, 0.1) is 6.92 Å². The summed E-state index contributed by atoms with van der Waals surface area (Å²) in [4.78, 5) is 0.850. The molecule has 1 unspecified atom stereocenters. The zero-order valence-corrected chi connectivity index (χ0v) is 9.23. The van der Waals surface area contributed by atoms with E-state index in [0.717, 1.165) is 10.5 Å². The van der Waals surface area contributed by atoms with Gasteiger partial charge in [-0.3, -0.25) is 0 Å². The predicted octanol–water partition coefficient (Wildman–Crippen LogP) is 3.27. The van der Waals surface area contributed by atoms with Gasteiger partial charge < -0.3 is 0 Å². The Morgan fingerprint density at radius 2 is 1.85 bits per heavy atom. The van der Waals surface area contributed by atoms with Crippen molar-refractivity contribution >= 4 is 10.8 Å². The van der Waals surface area contributed by atoms with Gasteiger partial charge in [-0.1, -0.05) is 38.6 Å². The van der Waals surface area contributed by atoms with Gasteiger partial charge in [0, 0.05) is 10.3 Å². The second kappa shape index (κ2) is 6.61. The van der Waals surface area contributed by atoms with E-state index < -0.39 is 10.8 Å². The number of aryl methyl sites for hydroxylation is 1. The fourth-order valence-electron chi connectivity index (χ4n) is 0.872. The van der Waals surface area contributed by atoms with Gasteiger partial charge in [0.1, 0.15) is 0 Å². The van der Waals surface area contributed by atoms with E-state index in [9.17, 15) is 4.21 Å². The molecule has 13 heavy (non-hydrogen) atoms. The molecule has 72 valence electrons. The van der Waals surface area contributed by atoms with Crippen LogP contribution in [0.1, 0.15) is 19.4 Å². The van der Waals surface area contributed by atoms with E-state index in [1.165, 1.54) is 5.41 Å². The first-order valence-corrected chi connectivity index (χ1v) is 5.56. The summed E-state index contributed by atoms with van der Waals surface area (Å²) in [5, 5.41) is 1.45. The highest BCUT2D eigenvalue weighted by Crippen LogP contribution is 2.11. The van der Waals surface area contributed by atoms with E-state index >= 15 is 0 Å². The zero-order chi connectivity index (χ0) is 10.3. The SMILES string of the molecule is C=CS(=O)c1ccccc1C.CC. The van der Waals surface area contributed by atoms with Crippen LogP contribution < -0.4 is 0 Å². The standard InChI is InChI=1S/C9H10OS.C2H6/c1-3-11(10)9-7-5-4-6-8(9)2;1-2/h3-7H,1H2,2H3;1-2H3. The first-order valence-electron chi connectivity index (χ1n) is 4.34. The average Bonchev–Trinajstić information content (AvgIpc) is 2.20. The van der Waals surface area contributed by atoms with E-state index in [2.05, 4.69) is 6.58 Å². The Labute approximate surface area is 82.9 Å². The van der Waals surface area contributed by atoms with Crippen molar-refractivity contribution in [2.75, 3.05) is 0 Å². The Bertz CT molecular complexity index is 292. The molecule has 0 spiro atoms. The van der Waals surface area contributed by atoms with Gasteiger partial charge in [0.15, 0.2) is 0 Å². The van der Waals surface area contributed by atoms with Crippen LogP contribution >= 0.6 is 0 Å². The molecule has 0 aliphatic carbocycles. The van der Waals surface area contributed by atoms with E-state index in [-0.39, 0.29) is 0 Å². The molecular weight excluding hydrogens is 180 g/mol. The van der Waals surface area contributed by atoms with Gasteiger partial charge in [-0.2, -0.15) is 0 Å². The molecule has 0 aliphatic heterocycles. The molecule has 0 saturated carbocycles. The van der Waals surface area contributed by atoms with Gasteiger partial charge in [-0.05, 0) is 18.6 Å². The van der Waals surface area contributed by atoms with Gasteiger partial charge in [-0.25, -0.2) is 4.21 Å². The molecule has 1 aromatic carbocycles. The van der Waals surface area contributed by atoms with Crippen molar-refractivity contribution in [2.45, 2.75) is 25.7 Å². The lowest BCUT2D eigenvalue weighted by Gasteiger charge is -1.99. The maximum absolute atomic E-state index is 11.2. The summed E-state index contributed by atoms with van der Waals surface area (Å²) in [5.41, 5.74) is 1.05. The maximum atomic E-state index is 11.2. The van der Waals surface area contributed by atoms with Crippen molar-refractivity contribution in [2.24, 2.45) is 0 Å². The van der Waals surface area contributed by atoms with E-state index in [0.29, 0.717) is 0 Å². The molecule has 1 nitrogen and oxygen atoms in total. The molecule has 1 rings (SSSR count). The van der Waals surface area contributed by atoms with E-state index in [1.54, 1.807) is 0 Å². The molecule has 0 N–H and O–H groups in total. The topological polar surface area (TPSA) is 17.1 Å². The third kappa shape index (κ3) is 3.55. The molecule has 0 saturated heterocycles. The van der Waals surface area contributed by atoms with Crippen molar-refractivity contribution in [1.29, 1.82) is 0 Å². The highest BCUT2D eigenvalue weighted by Gasteiger charge is 2.00. The molecular formula is C11H16OS. The zero-order valence-electron chi connectivity index (χ0n) is 8.41. The van der Waals surface area contributed by atoms with Crippen LogP contribution in [0.25, 0.3) is 0 Å². The minimum Gasteiger partial charge on any atom is -0.250 e.